The lowest BCUT2D eigenvalue weighted by Crippen LogP contribution is -2.30. The van der Waals surface area contributed by atoms with Crippen LogP contribution in [0.25, 0.3) is 0 Å². The van der Waals surface area contributed by atoms with Gasteiger partial charge in [0.05, 0.1) is 0 Å². The monoisotopic (exact) mass is 1010 g/mol. The van der Waals surface area contributed by atoms with Gasteiger partial charge in [-0.05, 0) is 116 Å². The van der Waals surface area contributed by atoms with Gasteiger partial charge >= 0.3 is 17.9 Å². The molecule has 0 amide bonds. The highest BCUT2D eigenvalue weighted by Crippen LogP contribution is 2.15. The fourth-order valence-corrected chi connectivity index (χ4v) is 8.01. The summed E-state index contributed by atoms with van der Waals surface area (Å²) in [5, 5.41) is 0. The van der Waals surface area contributed by atoms with Gasteiger partial charge in [0.25, 0.3) is 0 Å². The van der Waals surface area contributed by atoms with Crippen LogP contribution in [0.3, 0.4) is 0 Å². The number of ether oxygens (including phenoxy) is 3. The maximum absolute atomic E-state index is 12.9. The van der Waals surface area contributed by atoms with E-state index in [4.69, 9.17) is 14.2 Å². The van der Waals surface area contributed by atoms with Crippen LogP contribution in [0.2, 0.25) is 0 Å². The minimum absolute atomic E-state index is 0.106. The summed E-state index contributed by atoms with van der Waals surface area (Å²) < 4.78 is 16.8. The molecule has 0 saturated heterocycles. The molecule has 0 bridgehead atoms. The first-order chi connectivity index (χ1) is 36.0. The molecular formula is C67H110O6. The fourth-order valence-electron chi connectivity index (χ4n) is 8.01. The van der Waals surface area contributed by atoms with E-state index in [2.05, 4.69) is 136 Å². The molecule has 0 heterocycles. The lowest BCUT2D eigenvalue weighted by atomic mass is 10.1. The summed E-state index contributed by atoms with van der Waals surface area (Å²) >= 11 is 0. The van der Waals surface area contributed by atoms with Crippen molar-refractivity contribution in [2.45, 2.75) is 271 Å². The van der Waals surface area contributed by atoms with Crippen molar-refractivity contribution in [3.8, 4) is 0 Å². The number of hydrogen-bond acceptors (Lipinski definition) is 6. The van der Waals surface area contributed by atoms with Crippen molar-refractivity contribution in [2.75, 3.05) is 13.2 Å². The minimum atomic E-state index is -0.815. The number of carbonyl (C=O) groups is 3. The molecule has 0 aromatic heterocycles. The second-order valence-corrected chi connectivity index (χ2v) is 19.5. The van der Waals surface area contributed by atoms with Gasteiger partial charge < -0.3 is 14.2 Å². The number of hydrogen-bond donors (Lipinski definition) is 0. The van der Waals surface area contributed by atoms with Crippen molar-refractivity contribution < 1.29 is 28.6 Å². The highest BCUT2D eigenvalue weighted by Gasteiger charge is 2.19. The number of esters is 3. The average molecular weight is 1010 g/mol. The predicted octanol–water partition coefficient (Wildman–Crippen LogP) is 20.4. The van der Waals surface area contributed by atoms with E-state index in [-0.39, 0.29) is 37.5 Å². The normalized spacial score (nSPS) is 13.0. The van der Waals surface area contributed by atoms with Gasteiger partial charge in [-0.2, -0.15) is 0 Å². The Hall–Kier alpha value is -4.19. The SMILES string of the molecule is CC/C=C\C/C=C\C/C=C\C/C=C\CCCCCCCCCCCCC(=O)OCC(COC(=O)CC/C=C\C/C=C\C/C=C\C/C=C\CC)OC(=O)CCCCCCCCCCC/C=C\C/C=C\CCCCC. The number of rotatable bonds is 53. The Morgan fingerprint density at radius 1 is 0.288 bits per heavy atom. The van der Waals surface area contributed by atoms with Gasteiger partial charge in [0, 0.05) is 19.3 Å². The molecular weight excluding hydrogens is 901 g/mol. The zero-order chi connectivity index (χ0) is 52.9. The van der Waals surface area contributed by atoms with Crippen LogP contribution in [-0.2, 0) is 28.6 Å². The smallest absolute Gasteiger partial charge is 0.306 e. The van der Waals surface area contributed by atoms with Gasteiger partial charge in [-0.15, -0.1) is 0 Å². The van der Waals surface area contributed by atoms with Crippen molar-refractivity contribution in [1.82, 2.24) is 0 Å². The molecule has 0 aliphatic rings. The Morgan fingerprint density at radius 2 is 0.562 bits per heavy atom. The predicted molar refractivity (Wildman–Crippen MR) is 316 cm³/mol. The largest absolute Gasteiger partial charge is 0.462 e. The Bertz CT molecular complexity index is 1540. The Kier molecular flexibility index (Phi) is 56.9. The van der Waals surface area contributed by atoms with Crippen LogP contribution in [0.5, 0.6) is 0 Å². The Morgan fingerprint density at radius 3 is 0.918 bits per heavy atom. The molecule has 0 aliphatic carbocycles. The van der Waals surface area contributed by atoms with Crippen molar-refractivity contribution >= 4 is 17.9 Å². The van der Waals surface area contributed by atoms with Crippen LogP contribution in [-0.4, -0.2) is 37.2 Å². The van der Waals surface area contributed by atoms with Crippen molar-refractivity contribution in [3.05, 3.63) is 122 Å². The molecule has 0 N–H and O–H groups in total. The molecule has 1 unspecified atom stereocenters. The van der Waals surface area contributed by atoms with E-state index in [1.807, 2.05) is 6.08 Å². The summed E-state index contributed by atoms with van der Waals surface area (Å²) in [6.45, 7) is 6.32. The first-order valence-electron chi connectivity index (χ1n) is 30.0. The molecule has 0 aromatic rings. The van der Waals surface area contributed by atoms with E-state index in [0.717, 1.165) is 96.3 Å². The summed E-state index contributed by atoms with van der Waals surface area (Å²) in [7, 11) is 0. The maximum Gasteiger partial charge on any atom is 0.306 e. The van der Waals surface area contributed by atoms with Gasteiger partial charge in [-0.1, -0.05) is 251 Å². The maximum atomic E-state index is 12.9. The summed E-state index contributed by atoms with van der Waals surface area (Å²) in [6.07, 6.45) is 83.5. The van der Waals surface area contributed by atoms with Crippen LogP contribution in [0.15, 0.2) is 122 Å². The third-order valence-electron chi connectivity index (χ3n) is 12.4. The highest BCUT2D eigenvalue weighted by atomic mass is 16.6. The molecule has 0 aromatic carbocycles. The summed E-state index contributed by atoms with van der Waals surface area (Å²) in [6, 6.07) is 0. The molecule has 0 rings (SSSR count). The van der Waals surface area contributed by atoms with E-state index >= 15 is 0 Å². The zero-order valence-corrected chi connectivity index (χ0v) is 47.4. The lowest BCUT2D eigenvalue weighted by Gasteiger charge is -2.18. The Labute approximate surface area is 450 Å². The van der Waals surface area contributed by atoms with E-state index in [9.17, 15) is 14.4 Å². The molecule has 0 saturated carbocycles. The van der Waals surface area contributed by atoms with Crippen molar-refractivity contribution in [2.24, 2.45) is 0 Å². The lowest BCUT2D eigenvalue weighted by molar-refractivity contribution is -0.166. The summed E-state index contributed by atoms with van der Waals surface area (Å²) in [5.74, 6) is -0.998. The van der Waals surface area contributed by atoms with Crippen LogP contribution in [0.4, 0.5) is 0 Å². The Balaban J connectivity index is 4.41. The average Bonchev–Trinajstić information content (AvgIpc) is 3.39. The summed E-state index contributed by atoms with van der Waals surface area (Å²) in [4.78, 5) is 38.2. The van der Waals surface area contributed by atoms with E-state index in [1.54, 1.807) is 0 Å². The summed E-state index contributed by atoms with van der Waals surface area (Å²) in [5.41, 5.74) is 0. The van der Waals surface area contributed by atoms with Crippen LogP contribution in [0, 0.1) is 0 Å². The van der Waals surface area contributed by atoms with Gasteiger partial charge in [0.1, 0.15) is 13.2 Å². The van der Waals surface area contributed by atoms with Gasteiger partial charge in [0.15, 0.2) is 6.10 Å². The van der Waals surface area contributed by atoms with Gasteiger partial charge in [-0.25, -0.2) is 0 Å². The number of allylic oxidation sites excluding steroid dienone is 20. The fraction of sp³-hybridized carbons (Fsp3) is 0.657. The zero-order valence-electron chi connectivity index (χ0n) is 47.4. The van der Waals surface area contributed by atoms with Crippen LogP contribution >= 0.6 is 0 Å². The third kappa shape index (κ3) is 58.6. The molecule has 0 aliphatic heterocycles. The van der Waals surface area contributed by atoms with E-state index in [0.29, 0.717) is 19.3 Å². The first kappa shape index (κ1) is 68.8. The molecule has 0 fully saturated rings. The number of unbranched alkanes of at least 4 members (excludes halogenated alkanes) is 22. The number of carbonyl (C=O) groups excluding carboxylic acids is 3. The van der Waals surface area contributed by atoms with Crippen LogP contribution < -0.4 is 0 Å². The topological polar surface area (TPSA) is 78.9 Å². The van der Waals surface area contributed by atoms with Crippen molar-refractivity contribution in [1.29, 1.82) is 0 Å². The molecule has 1 atom stereocenters. The second-order valence-electron chi connectivity index (χ2n) is 19.5. The minimum Gasteiger partial charge on any atom is -0.462 e. The first-order valence-corrected chi connectivity index (χ1v) is 30.0. The van der Waals surface area contributed by atoms with E-state index < -0.39 is 6.10 Å². The van der Waals surface area contributed by atoms with Crippen LogP contribution in [0.1, 0.15) is 265 Å². The van der Waals surface area contributed by atoms with Gasteiger partial charge in [0.2, 0.25) is 0 Å². The third-order valence-corrected chi connectivity index (χ3v) is 12.4. The molecule has 6 heteroatoms. The molecule has 73 heavy (non-hydrogen) atoms. The van der Waals surface area contributed by atoms with E-state index in [1.165, 1.54) is 122 Å². The molecule has 0 radical (unpaired) electrons. The molecule has 0 spiro atoms. The standard InChI is InChI=1S/C67H110O6/c1-4-7-10-13-16-19-22-25-27-29-31-32-33-34-36-37-39-42-45-48-51-54-57-60-66(69)72-63-64(62-71-65(68)59-56-53-50-47-44-41-24-21-18-15-12-9-6-3)73-67(70)61-58-55-52-49-46-43-40-38-35-30-28-26-23-20-17-14-11-8-5-2/h7,9-10,12,16-21,25-28,31-32,41,44,50,53,64H,4-6,8,11,13-15,22-24,29-30,33-40,42-43,45-49,51-52,54-63H2,1-3H3/b10-7-,12-9-,19-16-,20-17-,21-18-,27-25-,28-26-,32-31-,44-41-,53-50-. The van der Waals surface area contributed by atoms with Crippen molar-refractivity contribution in [3.63, 3.8) is 0 Å². The molecule has 414 valence electrons. The quantitative estimate of drug-likeness (QED) is 0.0261. The second kappa shape index (κ2) is 60.4. The van der Waals surface area contributed by atoms with Gasteiger partial charge in [-0.3, -0.25) is 14.4 Å². The highest BCUT2D eigenvalue weighted by molar-refractivity contribution is 5.71. The molecule has 6 nitrogen and oxygen atoms in total.